The molecule has 0 aromatic carbocycles. The summed E-state index contributed by atoms with van der Waals surface area (Å²) in [6.07, 6.45) is 1.40. The Kier molecular flexibility index (Phi) is 5.15. The maximum atomic E-state index is 11.4. The minimum absolute atomic E-state index is 0.133. The number of amides is 1. The molecule has 0 fully saturated rings. The third-order valence-corrected chi connectivity index (χ3v) is 1.91. The molecule has 14 heavy (non-hydrogen) atoms. The zero-order valence-electron chi connectivity index (χ0n) is 8.92. The molecule has 0 aliphatic carbocycles. The van der Waals surface area contributed by atoms with Crippen LogP contribution in [0.25, 0.3) is 0 Å². The molecule has 0 aromatic heterocycles. The van der Waals surface area contributed by atoms with Crippen LogP contribution in [-0.4, -0.2) is 31.1 Å². The summed E-state index contributed by atoms with van der Waals surface area (Å²) in [6.45, 7) is 3.45. The molecule has 5 nitrogen and oxygen atoms in total. The van der Waals surface area contributed by atoms with Crippen LogP contribution in [0.4, 0.5) is 0 Å². The van der Waals surface area contributed by atoms with Gasteiger partial charge in [-0.1, -0.05) is 13.3 Å². The van der Waals surface area contributed by atoms with Crippen molar-refractivity contribution in [1.29, 1.82) is 0 Å². The maximum Gasteiger partial charge on any atom is 0.325 e. The third kappa shape index (κ3) is 4.23. The predicted octanol–water partition coefficient (Wildman–Crippen LogP) is -0.207. The van der Waals surface area contributed by atoms with Crippen molar-refractivity contribution in [3.63, 3.8) is 0 Å². The van der Waals surface area contributed by atoms with E-state index in [4.69, 9.17) is 5.73 Å². The number of esters is 1. The fourth-order valence-electron chi connectivity index (χ4n) is 1.06. The van der Waals surface area contributed by atoms with Crippen molar-refractivity contribution in [3.05, 3.63) is 0 Å². The van der Waals surface area contributed by atoms with Gasteiger partial charge in [0.1, 0.15) is 6.54 Å². The largest absolute Gasteiger partial charge is 0.468 e. The topological polar surface area (TPSA) is 81.4 Å². The van der Waals surface area contributed by atoms with Crippen LogP contribution in [0.3, 0.4) is 0 Å². The quantitative estimate of drug-likeness (QED) is 0.604. The number of methoxy groups -OCH3 is 1. The molecule has 0 radical (unpaired) electrons. The van der Waals surface area contributed by atoms with Crippen molar-refractivity contribution in [3.8, 4) is 0 Å². The van der Waals surface area contributed by atoms with Gasteiger partial charge in [-0.05, 0) is 13.3 Å². The van der Waals surface area contributed by atoms with E-state index in [1.165, 1.54) is 7.11 Å². The van der Waals surface area contributed by atoms with Crippen LogP contribution in [0.2, 0.25) is 0 Å². The Bertz CT molecular complexity index is 214. The standard InChI is InChI=1S/C9H18N2O3/c1-4-5-9(2,10)8(13)11-6-7(12)14-3/h4-6,10H2,1-3H3,(H,11,13). The van der Waals surface area contributed by atoms with Crippen LogP contribution in [-0.2, 0) is 14.3 Å². The monoisotopic (exact) mass is 202 g/mol. The summed E-state index contributed by atoms with van der Waals surface area (Å²) in [5.74, 6) is -0.810. The highest BCUT2D eigenvalue weighted by Crippen LogP contribution is 2.07. The fraction of sp³-hybridized carbons (Fsp3) is 0.778. The first kappa shape index (κ1) is 12.9. The smallest absolute Gasteiger partial charge is 0.325 e. The molecule has 1 unspecified atom stereocenters. The van der Waals surface area contributed by atoms with Crippen molar-refractivity contribution in [2.45, 2.75) is 32.2 Å². The number of carbonyl (C=O) groups excluding carboxylic acids is 2. The number of hydrogen-bond donors (Lipinski definition) is 2. The number of carbonyl (C=O) groups is 2. The SMILES string of the molecule is CCCC(C)(N)C(=O)NCC(=O)OC. The second-order valence-electron chi connectivity index (χ2n) is 3.43. The molecule has 0 spiro atoms. The van der Waals surface area contributed by atoms with E-state index in [9.17, 15) is 9.59 Å². The minimum atomic E-state index is -0.914. The number of hydrogen-bond acceptors (Lipinski definition) is 4. The zero-order chi connectivity index (χ0) is 11.2. The summed E-state index contributed by atoms with van der Waals surface area (Å²) >= 11 is 0. The molecule has 5 heteroatoms. The van der Waals surface area contributed by atoms with E-state index >= 15 is 0 Å². The minimum Gasteiger partial charge on any atom is -0.468 e. The van der Waals surface area contributed by atoms with Gasteiger partial charge in [0.05, 0.1) is 12.6 Å². The van der Waals surface area contributed by atoms with Gasteiger partial charge in [0, 0.05) is 0 Å². The van der Waals surface area contributed by atoms with Crippen LogP contribution in [0, 0.1) is 0 Å². The first-order valence-corrected chi connectivity index (χ1v) is 4.58. The van der Waals surface area contributed by atoms with E-state index in [1.54, 1.807) is 6.92 Å². The Morgan fingerprint density at radius 2 is 2.07 bits per heavy atom. The van der Waals surface area contributed by atoms with Gasteiger partial charge in [-0.25, -0.2) is 0 Å². The number of ether oxygens (including phenoxy) is 1. The highest BCUT2D eigenvalue weighted by Gasteiger charge is 2.27. The zero-order valence-corrected chi connectivity index (χ0v) is 8.92. The molecule has 82 valence electrons. The van der Waals surface area contributed by atoms with Crippen molar-refractivity contribution in [2.24, 2.45) is 5.73 Å². The first-order chi connectivity index (χ1) is 6.44. The van der Waals surface area contributed by atoms with Crippen LogP contribution in [0.15, 0.2) is 0 Å². The van der Waals surface area contributed by atoms with E-state index < -0.39 is 11.5 Å². The van der Waals surface area contributed by atoms with Crippen molar-refractivity contribution < 1.29 is 14.3 Å². The Hall–Kier alpha value is -1.10. The lowest BCUT2D eigenvalue weighted by Crippen LogP contribution is -2.52. The molecular formula is C9H18N2O3. The first-order valence-electron chi connectivity index (χ1n) is 4.58. The highest BCUT2D eigenvalue weighted by molar-refractivity contribution is 5.88. The van der Waals surface area contributed by atoms with Gasteiger partial charge in [0.15, 0.2) is 0 Å². The van der Waals surface area contributed by atoms with E-state index in [0.29, 0.717) is 6.42 Å². The Balaban J connectivity index is 4.01. The van der Waals surface area contributed by atoms with E-state index in [0.717, 1.165) is 6.42 Å². The molecule has 0 saturated carbocycles. The average Bonchev–Trinajstić information content (AvgIpc) is 2.13. The normalized spacial score (nSPS) is 14.3. The van der Waals surface area contributed by atoms with Gasteiger partial charge >= 0.3 is 5.97 Å². The number of nitrogens with one attached hydrogen (secondary N) is 1. The third-order valence-electron chi connectivity index (χ3n) is 1.91. The van der Waals surface area contributed by atoms with Gasteiger partial charge in [-0.15, -0.1) is 0 Å². The van der Waals surface area contributed by atoms with Crippen LogP contribution in [0.5, 0.6) is 0 Å². The summed E-state index contributed by atoms with van der Waals surface area (Å²) in [6, 6.07) is 0. The summed E-state index contributed by atoms with van der Waals surface area (Å²) in [5.41, 5.74) is 4.82. The summed E-state index contributed by atoms with van der Waals surface area (Å²) in [5, 5.41) is 2.42. The second-order valence-corrected chi connectivity index (χ2v) is 3.43. The molecule has 0 aliphatic rings. The van der Waals surface area contributed by atoms with E-state index in [1.807, 2.05) is 6.92 Å². The molecule has 0 bridgehead atoms. The number of rotatable bonds is 5. The Morgan fingerprint density at radius 3 is 2.50 bits per heavy atom. The predicted molar refractivity (Wildman–Crippen MR) is 52.5 cm³/mol. The molecule has 0 aliphatic heterocycles. The number of nitrogens with two attached hydrogens (primary N) is 1. The molecular weight excluding hydrogens is 184 g/mol. The van der Waals surface area contributed by atoms with E-state index in [-0.39, 0.29) is 12.5 Å². The molecule has 0 heterocycles. The van der Waals surface area contributed by atoms with Gasteiger partial charge in [-0.2, -0.15) is 0 Å². The lowest BCUT2D eigenvalue weighted by Gasteiger charge is -2.22. The Labute approximate surface area is 84.0 Å². The molecule has 0 aromatic rings. The highest BCUT2D eigenvalue weighted by atomic mass is 16.5. The molecule has 0 saturated heterocycles. The van der Waals surface area contributed by atoms with Gasteiger partial charge in [-0.3, -0.25) is 9.59 Å². The van der Waals surface area contributed by atoms with Gasteiger partial charge in [0.2, 0.25) is 5.91 Å². The second kappa shape index (κ2) is 5.59. The summed E-state index contributed by atoms with van der Waals surface area (Å²) in [7, 11) is 1.27. The van der Waals surface area contributed by atoms with Gasteiger partial charge in [0.25, 0.3) is 0 Å². The molecule has 0 rings (SSSR count). The summed E-state index contributed by atoms with van der Waals surface area (Å²) in [4.78, 5) is 22.2. The van der Waals surface area contributed by atoms with Crippen LogP contribution < -0.4 is 11.1 Å². The van der Waals surface area contributed by atoms with Crippen LogP contribution in [0.1, 0.15) is 26.7 Å². The van der Waals surface area contributed by atoms with E-state index in [2.05, 4.69) is 10.1 Å². The van der Waals surface area contributed by atoms with Gasteiger partial charge < -0.3 is 15.8 Å². The van der Waals surface area contributed by atoms with Crippen molar-refractivity contribution in [2.75, 3.05) is 13.7 Å². The molecule has 1 atom stereocenters. The molecule has 3 N–H and O–H groups in total. The maximum absolute atomic E-state index is 11.4. The summed E-state index contributed by atoms with van der Waals surface area (Å²) < 4.78 is 4.38. The van der Waals surface area contributed by atoms with Crippen molar-refractivity contribution >= 4 is 11.9 Å². The molecule has 1 amide bonds. The average molecular weight is 202 g/mol. The fourth-order valence-corrected chi connectivity index (χ4v) is 1.06. The lowest BCUT2D eigenvalue weighted by molar-refractivity contribution is -0.141. The van der Waals surface area contributed by atoms with Crippen molar-refractivity contribution in [1.82, 2.24) is 5.32 Å². The lowest BCUT2D eigenvalue weighted by atomic mass is 9.97. The Morgan fingerprint density at radius 1 is 1.50 bits per heavy atom. The van der Waals surface area contributed by atoms with Crippen LogP contribution >= 0.6 is 0 Å².